The maximum Gasteiger partial charge on any atom is 0.0906 e. The number of hydrogen-bond acceptors (Lipinski definition) is 2. The predicted molar refractivity (Wildman–Crippen MR) is 65.7 cm³/mol. The van der Waals surface area contributed by atoms with Gasteiger partial charge < -0.3 is 4.90 Å². The summed E-state index contributed by atoms with van der Waals surface area (Å²) in [6.45, 7) is 4.91. The molecule has 0 atom stereocenters. The van der Waals surface area contributed by atoms with Gasteiger partial charge in [-0.05, 0) is 18.6 Å². The molecule has 1 fully saturated rings. The predicted octanol–water partition coefficient (Wildman–Crippen LogP) is 2.17. The molecule has 0 saturated carbocycles. The third-order valence-corrected chi connectivity index (χ3v) is 3.10. The van der Waals surface area contributed by atoms with E-state index in [0.29, 0.717) is 6.42 Å². The van der Waals surface area contributed by atoms with E-state index >= 15 is 0 Å². The second-order valence-electron chi connectivity index (χ2n) is 4.21. The number of halogens is 1. The van der Waals surface area contributed by atoms with Crippen molar-refractivity contribution in [3.05, 3.63) is 30.3 Å². The summed E-state index contributed by atoms with van der Waals surface area (Å²) >= 11 is 0. The molecular formula is C13H19FN2. The topological polar surface area (TPSA) is 6.48 Å². The summed E-state index contributed by atoms with van der Waals surface area (Å²) in [6.07, 6.45) is 0.672. The van der Waals surface area contributed by atoms with Crippen molar-refractivity contribution in [2.24, 2.45) is 0 Å². The van der Waals surface area contributed by atoms with Gasteiger partial charge in [0.25, 0.3) is 0 Å². The smallest absolute Gasteiger partial charge is 0.0906 e. The van der Waals surface area contributed by atoms with Crippen LogP contribution in [0, 0.1) is 0 Å². The molecule has 0 bridgehead atoms. The van der Waals surface area contributed by atoms with Crippen LogP contribution in [0.5, 0.6) is 0 Å². The number of hydrogen-bond donors (Lipinski definition) is 0. The van der Waals surface area contributed by atoms with Crippen molar-refractivity contribution in [2.75, 3.05) is 44.3 Å². The number of nitrogens with zero attached hydrogens (tertiary/aromatic N) is 2. The van der Waals surface area contributed by atoms with Gasteiger partial charge in [-0.3, -0.25) is 9.29 Å². The van der Waals surface area contributed by atoms with Crippen LogP contribution in [0.15, 0.2) is 30.3 Å². The monoisotopic (exact) mass is 221 g/mol. The van der Waals surface area contributed by atoms with Crippen molar-refractivity contribution in [2.45, 2.75) is 6.42 Å². The highest BCUT2D eigenvalue weighted by molar-refractivity contribution is 5.46. The molecule has 0 radical (unpaired) electrons. The first-order valence-corrected chi connectivity index (χ1v) is 5.98. The molecule has 0 amide bonds. The Morgan fingerprint density at radius 2 is 1.69 bits per heavy atom. The summed E-state index contributed by atoms with van der Waals surface area (Å²) in [7, 11) is 0. The Labute approximate surface area is 96.7 Å². The Balaban J connectivity index is 1.81. The Morgan fingerprint density at radius 3 is 2.31 bits per heavy atom. The minimum atomic E-state index is -0.196. The summed E-state index contributed by atoms with van der Waals surface area (Å²) in [5, 5.41) is 0. The molecule has 1 saturated heterocycles. The highest BCUT2D eigenvalue weighted by Gasteiger charge is 2.16. The highest BCUT2D eigenvalue weighted by Crippen LogP contribution is 2.15. The van der Waals surface area contributed by atoms with Crippen LogP contribution in [0.3, 0.4) is 0 Å². The minimum absolute atomic E-state index is 0.196. The van der Waals surface area contributed by atoms with Gasteiger partial charge in [0.1, 0.15) is 0 Å². The van der Waals surface area contributed by atoms with Gasteiger partial charge in [0.15, 0.2) is 0 Å². The summed E-state index contributed by atoms with van der Waals surface area (Å²) in [4.78, 5) is 4.74. The van der Waals surface area contributed by atoms with E-state index in [2.05, 4.69) is 34.1 Å². The summed E-state index contributed by atoms with van der Waals surface area (Å²) < 4.78 is 12.1. The lowest BCUT2D eigenvalue weighted by molar-refractivity contribution is 0.245. The van der Waals surface area contributed by atoms with E-state index in [1.807, 2.05) is 6.07 Å². The molecular weight excluding hydrogens is 202 g/mol. The summed E-state index contributed by atoms with van der Waals surface area (Å²) in [6, 6.07) is 10.5. The first kappa shape index (κ1) is 11.4. The molecule has 1 aliphatic heterocycles. The second kappa shape index (κ2) is 5.85. The largest absolute Gasteiger partial charge is 0.369 e. The molecule has 0 aliphatic carbocycles. The minimum Gasteiger partial charge on any atom is -0.369 e. The van der Waals surface area contributed by atoms with Crippen LogP contribution in [-0.4, -0.2) is 44.3 Å². The third kappa shape index (κ3) is 2.95. The Morgan fingerprint density at radius 1 is 1.00 bits per heavy atom. The second-order valence-corrected chi connectivity index (χ2v) is 4.21. The molecule has 1 aromatic rings. The van der Waals surface area contributed by atoms with Gasteiger partial charge in [0.05, 0.1) is 6.67 Å². The third-order valence-electron chi connectivity index (χ3n) is 3.10. The van der Waals surface area contributed by atoms with Crippen molar-refractivity contribution >= 4 is 5.69 Å². The average Bonchev–Trinajstić information content (AvgIpc) is 2.38. The molecule has 2 nitrogen and oxygen atoms in total. The van der Waals surface area contributed by atoms with Crippen LogP contribution >= 0.6 is 0 Å². The molecule has 2 rings (SSSR count). The van der Waals surface area contributed by atoms with Crippen molar-refractivity contribution in [1.29, 1.82) is 0 Å². The van der Waals surface area contributed by atoms with E-state index < -0.39 is 0 Å². The van der Waals surface area contributed by atoms with Crippen molar-refractivity contribution < 1.29 is 4.39 Å². The van der Waals surface area contributed by atoms with E-state index in [9.17, 15) is 4.39 Å². The van der Waals surface area contributed by atoms with E-state index in [1.165, 1.54) is 5.69 Å². The van der Waals surface area contributed by atoms with Crippen LogP contribution in [0.2, 0.25) is 0 Å². The number of anilines is 1. The molecule has 3 heteroatoms. The molecule has 88 valence electrons. The quantitative estimate of drug-likeness (QED) is 0.769. The lowest BCUT2D eigenvalue weighted by Gasteiger charge is -2.36. The standard InChI is InChI=1S/C13H19FN2/c14-7-4-8-15-9-11-16(12-10-15)13-5-2-1-3-6-13/h1-3,5-6H,4,7-12H2/i14-1. The van der Waals surface area contributed by atoms with E-state index in [-0.39, 0.29) is 6.67 Å². The van der Waals surface area contributed by atoms with Crippen LogP contribution in [-0.2, 0) is 0 Å². The van der Waals surface area contributed by atoms with Crippen LogP contribution in [0.25, 0.3) is 0 Å². The average molecular weight is 221 g/mol. The SMILES string of the molecule is [18F]CCCN1CCN(c2ccccc2)CC1. The molecule has 0 aromatic heterocycles. The lowest BCUT2D eigenvalue weighted by Crippen LogP contribution is -2.46. The highest BCUT2D eigenvalue weighted by atomic mass is 18.2. The fourth-order valence-electron chi connectivity index (χ4n) is 2.15. The first-order valence-electron chi connectivity index (χ1n) is 5.98. The fourth-order valence-corrected chi connectivity index (χ4v) is 2.15. The number of rotatable bonds is 4. The number of piperazine rings is 1. The fraction of sp³-hybridized carbons (Fsp3) is 0.538. The normalized spacial score (nSPS) is 17.7. The molecule has 1 heterocycles. The van der Waals surface area contributed by atoms with Gasteiger partial charge in [-0.2, -0.15) is 0 Å². The van der Waals surface area contributed by atoms with Crippen LogP contribution < -0.4 is 4.90 Å². The van der Waals surface area contributed by atoms with Gasteiger partial charge in [-0.1, -0.05) is 18.2 Å². The Hall–Kier alpha value is -1.09. The molecule has 16 heavy (non-hydrogen) atoms. The van der Waals surface area contributed by atoms with Crippen molar-refractivity contribution in [3.63, 3.8) is 0 Å². The molecule has 1 aliphatic rings. The van der Waals surface area contributed by atoms with Gasteiger partial charge in [-0.25, -0.2) is 0 Å². The molecule has 1 aromatic carbocycles. The Bertz CT molecular complexity index is 294. The van der Waals surface area contributed by atoms with E-state index in [0.717, 1.165) is 32.7 Å². The zero-order chi connectivity index (χ0) is 11.2. The number of para-hydroxylation sites is 1. The summed E-state index contributed by atoms with van der Waals surface area (Å²) in [5.74, 6) is 0. The van der Waals surface area contributed by atoms with Gasteiger partial charge in [0, 0.05) is 38.4 Å². The van der Waals surface area contributed by atoms with E-state index in [1.54, 1.807) is 0 Å². The van der Waals surface area contributed by atoms with Crippen molar-refractivity contribution in [1.82, 2.24) is 4.90 Å². The number of alkyl halides is 1. The molecule has 0 unspecified atom stereocenters. The molecule has 0 spiro atoms. The number of benzene rings is 1. The zero-order valence-electron chi connectivity index (χ0n) is 9.61. The van der Waals surface area contributed by atoms with E-state index in [4.69, 9.17) is 0 Å². The lowest BCUT2D eigenvalue weighted by atomic mass is 10.2. The maximum absolute atomic E-state index is 12.1. The Kier molecular flexibility index (Phi) is 4.17. The van der Waals surface area contributed by atoms with Crippen LogP contribution in [0.4, 0.5) is 10.1 Å². The van der Waals surface area contributed by atoms with Gasteiger partial charge >= 0.3 is 0 Å². The van der Waals surface area contributed by atoms with Gasteiger partial charge in [-0.15, -0.1) is 0 Å². The maximum atomic E-state index is 12.1. The zero-order valence-corrected chi connectivity index (χ0v) is 9.61. The summed E-state index contributed by atoms with van der Waals surface area (Å²) in [5.41, 5.74) is 1.30. The van der Waals surface area contributed by atoms with Crippen molar-refractivity contribution in [3.8, 4) is 0 Å². The van der Waals surface area contributed by atoms with Crippen LogP contribution in [0.1, 0.15) is 6.42 Å². The molecule has 0 N–H and O–H groups in total. The van der Waals surface area contributed by atoms with Gasteiger partial charge in [0.2, 0.25) is 0 Å². The first-order chi connectivity index (χ1) is 7.90.